The van der Waals surface area contributed by atoms with Gasteiger partial charge in [-0.25, -0.2) is 0 Å². The number of para-hydroxylation sites is 1. The van der Waals surface area contributed by atoms with Crippen molar-refractivity contribution in [1.29, 1.82) is 0 Å². The van der Waals surface area contributed by atoms with Crippen molar-refractivity contribution in [2.45, 2.75) is 0 Å². The minimum Gasteiger partial charge on any atom is -0.455 e. The van der Waals surface area contributed by atoms with E-state index in [1.807, 2.05) is 48.9 Å². The molecule has 7 heteroatoms. The smallest absolute Gasteiger partial charge is 0.143 e. The number of pyridine rings is 3. The molecular formula is C62H40N6O. The SMILES string of the molecule is C1=Cc2c(c3cc(-c4ccccc4-c4ccccn4)ccc3n2-c2cccc(-c3cccc4c3oc3ccc(-n5c6ccc(-c7ccccc7-c7ccccn7)cc6c6ncccc65)cc34)c2)NC1. The predicted octanol–water partition coefficient (Wildman–Crippen LogP) is 15.6. The number of rotatable bonds is 7. The fraction of sp³-hybridized carbons (Fsp3) is 0.0161. The minimum absolute atomic E-state index is 0.771. The van der Waals surface area contributed by atoms with E-state index in [2.05, 4.69) is 195 Å². The lowest BCUT2D eigenvalue weighted by atomic mass is 9.96. The lowest BCUT2D eigenvalue weighted by Gasteiger charge is -2.14. The number of fused-ring (bicyclic) bond motifs is 9. The lowest BCUT2D eigenvalue weighted by molar-refractivity contribution is 0.670. The largest absolute Gasteiger partial charge is 0.455 e. The van der Waals surface area contributed by atoms with Crippen LogP contribution in [0, 0.1) is 0 Å². The predicted molar refractivity (Wildman–Crippen MR) is 283 cm³/mol. The van der Waals surface area contributed by atoms with Crippen LogP contribution >= 0.6 is 0 Å². The Bertz CT molecular complexity index is 4200. The van der Waals surface area contributed by atoms with Gasteiger partial charge in [-0.3, -0.25) is 15.0 Å². The highest BCUT2D eigenvalue weighted by Gasteiger charge is 2.22. The molecule has 0 saturated carbocycles. The number of hydrogen-bond acceptors (Lipinski definition) is 5. The van der Waals surface area contributed by atoms with E-state index in [4.69, 9.17) is 14.4 Å². The Morgan fingerprint density at radius 3 is 1.80 bits per heavy atom. The van der Waals surface area contributed by atoms with Gasteiger partial charge in [-0.1, -0.05) is 109 Å². The van der Waals surface area contributed by atoms with Gasteiger partial charge in [-0.2, -0.15) is 0 Å². The molecule has 1 aliphatic rings. The topological polar surface area (TPSA) is 73.7 Å². The summed E-state index contributed by atoms with van der Waals surface area (Å²) < 4.78 is 11.5. The number of nitrogens with zero attached hydrogens (tertiary/aromatic N) is 5. The Morgan fingerprint density at radius 1 is 0.420 bits per heavy atom. The van der Waals surface area contributed by atoms with Crippen LogP contribution in [-0.2, 0) is 0 Å². The van der Waals surface area contributed by atoms with Crippen molar-refractivity contribution in [3.63, 3.8) is 0 Å². The van der Waals surface area contributed by atoms with Gasteiger partial charge in [-0.15, -0.1) is 0 Å². The summed E-state index contributed by atoms with van der Waals surface area (Å²) >= 11 is 0. The van der Waals surface area contributed by atoms with E-state index in [1.165, 1.54) is 5.39 Å². The highest BCUT2D eigenvalue weighted by molar-refractivity contribution is 6.12. The monoisotopic (exact) mass is 884 g/mol. The van der Waals surface area contributed by atoms with Gasteiger partial charge < -0.3 is 18.9 Å². The molecule has 13 aromatic rings. The second-order valence-electron chi connectivity index (χ2n) is 17.6. The van der Waals surface area contributed by atoms with E-state index in [0.717, 1.165) is 135 Å². The van der Waals surface area contributed by atoms with Gasteiger partial charge in [-0.05, 0) is 125 Å². The maximum atomic E-state index is 6.83. The van der Waals surface area contributed by atoms with Crippen molar-refractivity contribution < 1.29 is 4.42 Å². The van der Waals surface area contributed by atoms with Gasteiger partial charge in [0.25, 0.3) is 0 Å². The molecule has 0 amide bonds. The molecule has 69 heavy (non-hydrogen) atoms. The van der Waals surface area contributed by atoms with Crippen LogP contribution in [-0.4, -0.2) is 30.6 Å². The zero-order valence-electron chi connectivity index (χ0n) is 37.2. The number of furan rings is 1. The van der Waals surface area contributed by atoms with Gasteiger partial charge in [0.1, 0.15) is 11.2 Å². The lowest BCUT2D eigenvalue weighted by Crippen LogP contribution is -2.05. The van der Waals surface area contributed by atoms with Crippen molar-refractivity contribution in [3.05, 3.63) is 224 Å². The van der Waals surface area contributed by atoms with Crippen LogP contribution in [0.2, 0.25) is 0 Å². The molecule has 14 rings (SSSR count). The molecule has 0 radical (unpaired) electrons. The second-order valence-corrected chi connectivity index (χ2v) is 17.6. The van der Waals surface area contributed by atoms with Crippen molar-refractivity contribution in [1.82, 2.24) is 24.1 Å². The van der Waals surface area contributed by atoms with Gasteiger partial charge in [0.2, 0.25) is 0 Å². The Hall–Kier alpha value is -9.33. The third-order valence-corrected chi connectivity index (χ3v) is 13.7. The van der Waals surface area contributed by atoms with Gasteiger partial charge in [0.15, 0.2) is 0 Å². The summed E-state index contributed by atoms with van der Waals surface area (Å²) in [6.45, 7) is 0.771. The summed E-state index contributed by atoms with van der Waals surface area (Å²) in [4.78, 5) is 14.3. The van der Waals surface area contributed by atoms with Gasteiger partial charge >= 0.3 is 0 Å². The zero-order chi connectivity index (χ0) is 45.4. The summed E-state index contributed by atoms with van der Waals surface area (Å²) in [6.07, 6.45) is 10.0. The fourth-order valence-electron chi connectivity index (χ4n) is 10.6. The molecule has 0 bridgehead atoms. The van der Waals surface area contributed by atoms with E-state index in [9.17, 15) is 0 Å². The van der Waals surface area contributed by atoms with E-state index in [-0.39, 0.29) is 0 Å². The summed E-state index contributed by atoms with van der Waals surface area (Å²) in [5.74, 6) is 0. The van der Waals surface area contributed by atoms with E-state index in [1.54, 1.807) is 0 Å². The second kappa shape index (κ2) is 15.6. The van der Waals surface area contributed by atoms with Crippen molar-refractivity contribution in [3.8, 4) is 67.3 Å². The molecule has 7 heterocycles. The molecule has 0 unspecified atom stereocenters. The maximum absolute atomic E-state index is 6.83. The molecule has 0 fully saturated rings. The number of hydrogen-bond donors (Lipinski definition) is 1. The number of benzene rings is 7. The number of anilines is 1. The van der Waals surface area contributed by atoms with Crippen LogP contribution in [0.4, 0.5) is 5.69 Å². The maximum Gasteiger partial charge on any atom is 0.143 e. The average molecular weight is 885 g/mol. The van der Waals surface area contributed by atoms with Crippen molar-refractivity contribution >= 4 is 66.5 Å². The number of nitrogens with one attached hydrogen (secondary N) is 1. The van der Waals surface area contributed by atoms with Gasteiger partial charge in [0.05, 0.1) is 44.8 Å². The highest BCUT2D eigenvalue weighted by atomic mass is 16.3. The normalized spacial score (nSPS) is 12.3. The molecule has 0 spiro atoms. The molecule has 1 N–H and O–H groups in total. The van der Waals surface area contributed by atoms with Crippen LogP contribution < -0.4 is 5.32 Å². The molecule has 7 aromatic carbocycles. The van der Waals surface area contributed by atoms with Crippen LogP contribution in [0.5, 0.6) is 0 Å². The molecule has 6 aromatic heterocycles. The van der Waals surface area contributed by atoms with Crippen LogP contribution in [0.15, 0.2) is 223 Å². The van der Waals surface area contributed by atoms with Crippen LogP contribution in [0.1, 0.15) is 5.69 Å². The number of aromatic nitrogens is 5. The first kappa shape index (κ1) is 38.9. The van der Waals surface area contributed by atoms with Crippen molar-refractivity contribution in [2.24, 2.45) is 0 Å². The quantitative estimate of drug-likeness (QED) is 0.173. The van der Waals surface area contributed by atoms with Crippen LogP contribution in [0.3, 0.4) is 0 Å². The molecule has 0 saturated heterocycles. The summed E-state index contributed by atoms with van der Waals surface area (Å²) in [6, 6.07) is 68.7. The first-order valence-corrected chi connectivity index (χ1v) is 23.3. The van der Waals surface area contributed by atoms with E-state index < -0.39 is 0 Å². The van der Waals surface area contributed by atoms with Crippen molar-refractivity contribution in [2.75, 3.05) is 11.9 Å². The van der Waals surface area contributed by atoms with Gasteiger partial charge in [0, 0.05) is 74.7 Å². The fourth-order valence-corrected chi connectivity index (χ4v) is 10.6. The Kier molecular flexibility index (Phi) is 8.82. The highest BCUT2D eigenvalue weighted by Crippen LogP contribution is 2.43. The molecule has 0 atom stereocenters. The third-order valence-electron chi connectivity index (χ3n) is 13.7. The third kappa shape index (κ3) is 6.25. The van der Waals surface area contributed by atoms with E-state index >= 15 is 0 Å². The molecule has 324 valence electrons. The minimum atomic E-state index is 0.771. The Morgan fingerprint density at radius 2 is 1.06 bits per heavy atom. The van der Waals surface area contributed by atoms with Crippen LogP contribution in [0.25, 0.3) is 128 Å². The summed E-state index contributed by atoms with van der Waals surface area (Å²) in [7, 11) is 0. The standard InChI is InChI=1S/C62H40N6O/c1-3-17-47(53-21-5-7-31-63-53)44(15-1)40-25-28-55-51(36-40)60-57(23-11-33-65-60)67(55)42-14-9-13-39(35-42)46-19-10-20-49-50-38-43(27-30-59(50)69-62(46)49)68-56-29-26-41(37-52(56)61-58(68)24-12-34-66-61)45-16-2-4-18-48(45)54-22-6-8-32-64-54/h1-32,34-38,65H,33H2. The summed E-state index contributed by atoms with van der Waals surface area (Å²) in [5.41, 5.74) is 21.1. The average Bonchev–Trinajstić information content (AvgIpc) is 4.08. The Labute approximate surface area is 396 Å². The zero-order valence-corrected chi connectivity index (χ0v) is 37.2. The van der Waals surface area contributed by atoms with E-state index in [0.29, 0.717) is 0 Å². The molecule has 0 aliphatic carbocycles. The first-order chi connectivity index (χ1) is 34.2. The molecular weight excluding hydrogens is 845 g/mol. The first-order valence-electron chi connectivity index (χ1n) is 23.3. The molecule has 1 aliphatic heterocycles. The summed E-state index contributed by atoms with van der Waals surface area (Å²) in [5, 5.41) is 8.10. The molecule has 7 nitrogen and oxygen atoms in total. The Balaban J connectivity index is 0.865.